The van der Waals surface area contributed by atoms with Crippen LogP contribution >= 0.6 is 0 Å². The molecule has 0 aromatic heterocycles. The molecule has 0 aromatic rings. The topological polar surface area (TPSA) is 37.3 Å². The maximum Gasteiger partial charge on any atom is 0.178 e. The number of ketones is 1. The Morgan fingerprint density at radius 2 is 2.04 bits per heavy atom. The Morgan fingerprint density at radius 3 is 2.75 bits per heavy atom. The van der Waals surface area contributed by atoms with Crippen LogP contribution in [0.3, 0.4) is 0 Å². The number of rotatable bonds is 1. The van der Waals surface area contributed by atoms with Crippen molar-refractivity contribution in [3.05, 3.63) is 36.0 Å². The van der Waals surface area contributed by atoms with Crippen LogP contribution in [0.5, 0.6) is 0 Å². The van der Waals surface area contributed by atoms with E-state index in [0.29, 0.717) is 17.8 Å². The van der Waals surface area contributed by atoms with Crippen molar-refractivity contribution in [1.82, 2.24) is 0 Å². The van der Waals surface area contributed by atoms with E-state index in [1.54, 1.807) is 6.08 Å². The summed E-state index contributed by atoms with van der Waals surface area (Å²) in [5, 5.41) is 11.2. The Bertz CT molecular complexity index is 657. The predicted octanol–water partition coefficient (Wildman–Crippen LogP) is 4.46. The van der Waals surface area contributed by atoms with Crippen molar-refractivity contribution in [2.45, 2.75) is 59.0 Å². The third kappa shape index (κ3) is 2.02. The molecule has 4 aliphatic rings. The van der Waals surface area contributed by atoms with Gasteiger partial charge in [0.25, 0.3) is 0 Å². The lowest BCUT2D eigenvalue weighted by Gasteiger charge is -2.59. The summed E-state index contributed by atoms with van der Waals surface area (Å²) in [7, 11) is 0. The van der Waals surface area contributed by atoms with Crippen molar-refractivity contribution in [2.24, 2.45) is 34.5 Å². The highest BCUT2D eigenvalue weighted by atomic mass is 16.3. The zero-order valence-corrected chi connectivity index (χ0v) is 15.2. The number of hydrogen-bond acceptors (Lipinski definition) is 2. The summed E-state index contributed by atoms with van der Waals surface area (Å²) in [5.41, 5.74) is 2.58. The van der Waals surface area contributed by atoms with E-state index in [1.807, 2.05) is 6.08 Å². The molecule has 1 unspecified atom stereocenters. The van der Waals surface area contributed by atoms with Gasteiger partial charge >= 0.3 is 0 Å². The molecule has 2 nitrogen and oxygen atoms in total. The first-order valence-corrected chi connectivity index (χ1v) is 9.55. The Kier molecular flexibility index (Phi) is 3.52. The van der Waals surface area contributed by atoms with E-state index in [1.165, 1.54) is 24.0 Å². The molecule has 0 radical (unpaired) electrons. The monoisotopic (exact) mass is 326 g/mol. The third-order valence-corrected chi connectivity index (χ3v) is 8.09. The van der Waals surface area contributed by atoms with Crippen LogP contribution in [0.2, 0.25) is 0 Å². The molecule has 0 aliphatic heterocycles. The second-order valence-electron chi connectivity index (χ2n) is 9.28. The summed E-state index contributed by atoms with van der Waals surface area (Å²) in [4.78, 5) is 11.8. The van der Waals surface area contributed by atoms with Gasteiger partial charge in [-0.3, -0.25) is 4.79 Å². The van der Waals surface area contributed by atoms with Gasteiger partial charge in [-0.1, -0.05) is 37.6 Å². The highest BCUT2D eigenvalue weighted by Crippen LogP contribution is 2.66. The molecule has 4 rings (SSSR count). The minimum Gasteiger partial charge on any atom is -0.393 e. The maximum atomic E-state index is 11.8. The summed E-state index contributed by atoms with van der Waals surface area (Å²) in [6.07, 6.45) is 10.8. The molecular weight excluding hydrogens is 296 g/mol. The van der Waals surface area contributed by atoms with Crippen molar-refractivity contribution in [2.75, 3.05) is 0 Å². The van der Waals surface area contributed by atoms with Gasteiger partial charge in [-0.15, -0.1) is 0 Å². The standard InChI is InChI=1S/C22H30O2/c1-13(2)17-7-8-18-16-6-5-14-11-15(23)9-10-21(14,3)20(16)19(24)12-22(17,18)4/h9-11,16-20,24H,1,5-8,12H2,2-4H3/t16-,17+,18-,19?,20+,21-,22+/m0/s1. The van der Waals surface area contributed by atoms with Gasteiger partial charge in [0.2, 0.25) is 0 Å². The van der Waals surface area contributed by atoms with Crippen LogP contribution in [0, 0.1) is 34.5 Å². The number of allylic oxidation sites excluding steroid dienone is 5. The molecule has 0 spiro atoms. The molecule has 7 atom stereocenters. The van der Waals surface area contributed by atoms with Gasteiger partial charge in [-0.2, -0.15) is 0 Å². The molecule has 130 valence electrons. The van der Waals surface area contributed by atoms with Crippen molar-refractivity contribution in [1.29, 1.82) is 0 Å². The predicted molar refractivity (Wildman–Crippen MR) is 96.3 cm³/mol. The number of fused-ring (bicyclic) bond motifs is 5. The lowest BCUT2D eigenvalue weighted by atomic mass is 9.46. The van der Waals surface area contributed by atoms with Gasteiger partial charge in [0, 0.05) is 11.3 Å². The molecule has 0 saturated heterocycles. The number of aliphatic hydroxyl groups is 1. The van der Waals surface area contributed by atoms with Gasteiger partial charge in [0.15, 0.2) is 5.78 Å². The number of hydrogen-bond donors (Lipinski definition) is 1. The third-order valence-electron chi connectivity index (χ3n) is 8.09. The van der Waals surface area contributed by atoms with E-state index < -0.39 is 0 Å². The zero-order chi connectivity index (χ0) is 17.3. The fourth-order valence-electron chi connectivity index (χ4n) is 7.13. The first-order valence-electron chi connectivity index (χ1n) is 9.55. The lowest BCUT2D eigenvalue weighted by Crippen LogP contribution is -2.55. The molecule has 1 N–H and O–H groups in total. The Hall–Kier alpha value is -1.15. The fraction of sp³-hybridized carbons (Fsp3) is 0.682. The SMILES string of the molecule is C=C(C)[C@H]1CC[C@H]2[C@@H]3CCC4=CC(=O)C=C[C@]4(C)[C@H]3C(O)C[C@]12C. The van der Waals surface area contributed by atoms with E-state index in [-0.39, 0.29) is 28.6 Å². The van der Waals surface area contributed by atoms with Crippen LogP contribution in [0.1, 0.15) is 52.9 Å². The lowest BCUT2D eigenvalue weighted by molar-refractivity contribution is -0.116. The molecular formula is C22H30O2. The first kappa shape index (κ1) is 16.3. The highest BCUT2D eigenvalue weighted by Gasteiger charge is 2.61. The number of aliphatic hydroxyl groups excluding tert-OH is 1. The van der Waals surface area contributed by atoms with E-state index >= 15 is 0 Å². The molecule has 3 fully saturated rings. The summed E-state index contributed by atoms with van der Waals surface area (Å²) in [6.45, 7) is 11.1. The van der Waals surface area contributed by atoms with Crippen LogP contribution in [0.4, 0.5) is 0 Å². The van der Waals surface area contributed by atoms with Crippen LogP contribution in [0.25, 0.3) is 0 Å². The van der Waals surface area contributed by atoms with E-state index in [9.17, 15) is 9.90 Å². The molecule has 0 amide bonds. The van der Waals surface area contributed by atoms with Crippen LogP contribution < -0.4 is 0 Å². The van der Waals surface area contributed by atoms with Gasteiger partial charge in [0.05, 0.1) is 6.10 Å². The molecule has 24 heavy (non-hydrogen) atoms. The van der Waals surface area contributed by atoms with E-state index in [2.05, 4.69) is 33.4 Å². The second kappa shape index (κ2) is 5.17. The Labute approximate surface area is 145 Å². The van der Waals surface area contributed by atoms with Gasteiger partial charge in [0.1, 0.15) is 0 Å². The van der Waals surface area contributed by atoms with E-state index in [0.717, 1.165) is 19.3 Å². The van der Waals surface area contributed by atoms with Crippen molar-refractivity contribution < 1.29 is 9.90 Å². The largest absolute Gasteiger partial charge is 0.393 e. The Balaban J connectivity index is 1.74. The minimum absolute atomic E-state index is 0.110. The van der Waals surface area contributed by atoms with Crippen LogP contribution in [0.15, 0.2) is 36.0 Å². The van der Waals surface area contributed by atoms with Crippen molar-refractivity contribution in [3.8, 4) is 0 Å². The average molecular weight is 326 g/mol. The molecule has 3 saturated carbocycles. The summed E-state index contributed by atoms with van der Waals surface area (Å²) >= 11 is 0. The average Bonchev–Trinajstić information content (AvgIpc) is 2.84. The zero-order valence-electron chi connectivity index (χ0n) is 15.2. The highest BCUT2D eigenvalue weighted by molar-refractivity contribution is 6.01. The van der Waals surface area contributed by atoms with Crippen molar-refractivity contribution in [3.63, 3.8) is 0 Å². The van der Waals surface area contributed by atoms with Crippen molar-refractivity contribution >= 4 is 5.78 Å². The number of carbonyl (C=O) groups is 1. The fourth-order valence-corrected chi connectivity index (χ4v) is 7.13. The smallest absolute Gasteiger partial charge is 0.178 e. The number of carbonyl (C=O) groups excluding carboxylic acids is 1. The van der Waals surface area contributed by atoms with Gasteiger partial charge in [-0.25, -0.2) is 0 Å². The van der Waals surface area contributed by atoms with Gasteiger partial charge in [-0.05, 0) is 74.3 Å². The molecule has 0 heterocycles. The van der Waals surface area contributed by atoms with Gasteiger partial charge < -0.3 is 5.11 Å². The van der Waals surface area contributed by atoms with Crippen LogP contribution in [-0.2, 0) is 4.79 Å². The van der Waals surface area contributed by atoms with E-state index in [4.69, 9.17) is 0 Å². The Morgan fingerprint density at radius 1 is 1.29 bits per heavy atom. The summed E-state index contributed by atoms with van der Waals surface area (Å²) in [5.74, 6) is 2.15. The molecule has 2 heteroatoms. The summed E-state index contributed by atoms with van der Waals surface area (Å²) < 4.78 is 0. The maximum absolute atomic E-state index is 11.8. The summed E-state index contributed by atoms with van der Waals surface area (Å²) in [6, 6.07) is 0. The quantitative estimate of drug-likeness (QED) is 0.723. The molecule has 0 aromatic carbocycles. The second-order valence-corrected chi connectivity index (χ2v) is 9.28. The molecule has 4 aliphatic carbocycles. The van der Waals surface area contributed by atoms with Crippen LogP contribution in [-0.4, -0.2) is 17.0 Å². The normalized spacial score (nSPS) is 49.9. The molecule has 0 bridgehead atoms. The minimum atomic E-state index is -0.289. The first-order chi connectivity index (χ1) is 11.3.